The van der Waals surface area contributed by atoms with Crippen molar-refractivity contribution >= 4 is 5.71 Å². The molecular formula is C12H15NO2. The van der Waals surface area contributed by atoms with E-state index in [1.54, 1.807) is 13.2 Å². The number of benzene rings is 1. The van der Waals surface area contributed by atoms with Crippen LogP contribution in [0.4, 0.5) is 0 Å². The summed E-state index contributed by atoms with van der Waals surface area (Å²) in [7, 11) is 1.56. The molecule has 0 fully saturated rings. The van der Waals surface area contributed by atoms with Gasteiger partial charge in [-0.2, -0.15) is 0 Å². The lowest BCUT2D eigenvalue weighted by Gasteiger charge is -2.20. The molecule has 1 heterocycles. The van der Waals surface area contributed by atoms with E-state index >= 15 is 0 Å². The molecule has 0 radical (unpaired) electrons. The Hall–Kier alpha value is -1.51. The van der Waals surface area contributed by atoms with Gasteiger partial charge < -0.3 is 9.84 Å². The zero-order valence-corrected chi connectivity index (χ0v) is 9.24. The molecule has 1 aromatic carbocycles. The van der Waals surface area contributed by atoms with Crippen molar-refractivity contribution in [2.24, 2.45) is 4.99 Å². The van der Waals surface area contributed by atoms with E-state index in [0.29, 0.717) is 11.8 Å². The maximum absolute atomic E-state index is 9.67. The van der Waals surface area contributed by atoms with Crippen LogP contribution in [0.1, 0.15) is 25.0 Å². The van der Waals surface area contributed by atoms with Crippen molar-refractivity contribution in [3.8, 4) is 11.5 Å². The van der Waals surface area contributed by atoms with E-state index in [1.807, 2.05) is 13.0 Å². The van der Waals surface area contributed by atoms with Gasteiger partial charge in [0.15, 0.2) is 11.5 Å². The van der Waals surface area contributed by atoms with Crippen LogP contribution < -0.4 is 4.74 Å². The van der Waals surface area contributed by atoms with Crippen molar-refractivity contribution in [1.82, 2.24) is 0 Å². The molecular weight excluding hydrogens is 190 g/mol. The van der Waals surface area contributed by atoms with Gasteiger partial charge in [0.05, 0.1) is 13.2 Å². The molecule has 0 amide bonds. The fourth-order valence-electron chi connectivity index (χ4n) is 2.04. The molecule has 1 N–H and O–H groups in total. The third-order valence-corrected chi connectivity index (χ3v) is 2.72. The van der Waals surface area contributed by atoms with Crippen molar-refractivity contribution in [2.75, 3.05) is 7.11 Å². The van der Waals surface area contributed by atoms with Gasteiger partial charge in [-0.15, -0.1) is 0 Å². The van der Waals surface area contributed by atoms with E-state index in [1.165, 1.54) is 5.56 Å². The number of fused-ring (bicyclic) bond motifs is 1. The van der Waals surface area contributed by atoms with Crippen LogP contribution in [0.15, 0.2) is 17.1 Å². The molecule has 0 aromatic heterocycles. The summed E-state index contributed by atoms with van der Waals surface area (Å²) < 4.78 is 5.09. The van der Waals surface area contributed by atoms with E-state index in [0.717, 1.165) is 17.7 Å². The minimum absolute atomic E-state index is 0.181. The van der Waals surface area contributed by atoms with Crippen molar-refractivity contribution < 1.29 is 9.84 Å². The molecule has 15 heavy (non-hydrogen) atoms. The summed E-state index contributed by atoms with van der Waals surface area (Å²) in [5.41, 5.74) is 3.22. The lowest BCUT2D eigenvalue weighted by Crippen LogP contribution is -2.16. The van der Waals surface area contributed by atoms with E-state index in [9.17, 15) is 5.11 Å². The van der Waals surface area contributed by atoms with Crippen LogP contribution in [0.5, 0.6) is 11.5 Å². The summed E-state index contributed by atoms with van der Waals surface area (Å²) in [6.07, 6.45) is 0.906. The van der Waals surface area contributed by atoms with Crippen LogP contribution in [-0.2, 0) is 6.42 Å². The molecule has 0 saturated heterocycles. The SMILES string of the molecule is COc1cc2c(cc1O)C(C)=NC(C)C2. The molecule has 80 valence electrons. The number of hydrogen-bond acceptors (Lipinski definition) is 3. The Morgan fingerprint density at radius 1 is 1.47 bits per heavy atom. The highest BCUT2D eigenvalue weighted by Gasteiger charge is 2.18. The molecule has 1 unspecified atom stereocenters. The quantitative estimate of drug-likeness (QED) is 0.763. The van der Waals surface area contributed by atoms with Gasteiger partial charge in [-0.3, -0.25) is 4.99 Å². The molecule has 0 aliphatic carbocycles. The first kappa shape index (κ1) is 10.0. The first-order valence-electron chi connectivity index (χ1n) is 5.06. The summed E-state index contributed by atoms with van der Waals surface area (Å²) >= 11 is 0. The molecule has 2 rings (SSSR count). The fraction of sp³-hybridized carbons (Fsp3) is 0.417. The highest BCUT2D eigenvalue weighted by molar-refractivity contribution is 6.01. The minimum atomic E-state index is 0.181. The highest BCUT2D eigenvalue weighted by atomic mass is 16.5. The standard InChI is InChI=1S/C12H15NO2/c1-7-4-9-5-12(15-3)11(14)6-10(9)8(2)13-7/h5-7,14H,4H2,1-3H3. The number of ether oxygens (including phenoxy) is 1. The number of methoxy groups -OCH3 is 1. The van der Waals surface area contributed by atoms with Gasteiger partial charge >= 0.3 is 0 Å². The molecule has 0 spiro atoms. The number of phenols is 1. The van der Waals surface area contributed by atoms with E-state index in [4.69, 9.17) is 4.74 Å². The van der Waals surface area contributed by atoms with Crippen LogP contribution in [0, 0.1) is 0 Å². The number of aliphatic imine (C=N–C) groups is 1. The van der Waals surface area contributed by atoms with Crippen LogP contribution in [0.25, 0.3) is 0 Å². The van der Waals surface area contributed by atoms with Crippen molar-refractivity contribution in [2.45, 2.75) is 26.3 Å². The highest BCUT2D eigenvalue weighted by Crippen LogP contribution is 2.32. The second kappa shape index (κ2) is 3.57. The smallest absolute Gasteiger partial charge is 0.160 e. The molecule has 1 aromatic rings. The zero-order chi connectivity index (χ0) is 11.0. The van der Waals surface area contributed by atoms with Gasteiger partial charge in [0, 0.05) is 11.3 Å². The second-order valence-electron chi connectivity index (χ2n) is 3.95. The summed E-state index contributed by atoms with van der Waals surface area (Å²) in [4.78, 5) is 4.49. The monoisotopic (exact) mass is 205 g/mol. The van der Waals surface area contributed by atoms with Gasteiger partial charge in [0.1, 0.15) is 0 Å². The predicted molar refractivity (Wildman–Crippen MR) is 60.0 cm³/mol. The summed E-state index contributed by atoms with van der Waals surface area (Å²) in [6, 6.07) is 3.95. The number of rotatable bonds is 1. The summed E-state index contributed by atoms with van der Waals surface area (Å²) in [6.45, 7) is 4.06. The topological polar surface area (TPSA) is 41.8 Å². The summed E-state index contributed by atoms with van der Waals surface area (Å²) in [5.74, 6) is 0.719. The molecule has 3 nitrogen and oxygen atoms in total. The Morgan fingerprint density at radius 3 is 2.87 bits per heavy atom. The summed E-state index contributed by atoms with van der Waals surface area (Å²) in [5, 5.41) is 9.67. The van der Waals surface area contributed by atoms with E-state index in [2.05, 4.69) is 11.9 Å². The molecule has 1 aliphatic rings. The number of hydrogen-bond donors (Lipinski definition) is 1. The lowest BCUT2D eigenvalue weighted by atomic mass is 9.94. The normalized spacial score (nSPS) is 19.4. The predicted octanol–water partition coefficient (Wildman–Crippen LogP) is 2.15. The van der Waals surface area contributed by atoms with Crippen LogP contribution in [0.2, 0.25) is 0 Å². The van der Waals surface area contributed by atoms with Crippen molar-refractivity contribution in [3.63, 3.8) is 0 Å². The first-order chi connectivity index (χ1) is 7.11. The Balaban J connectivity index is 2.55. The fourth-order valence-corrected chi connectivity index (χ4v) is 2.04. The maximum atomic E-state index is 9.67. The number of phenolic OH excluding ortho intramolecular Hbond substituents is 1. The van der Waals surface area contributed by atoms with Crippen LogP contribution in [0.3, 0.4) is 0 Å². The van der Waals surface area contributed by atoms with Crippen LogP contribution >= 0.6 is 0 Å². The van der Waals surface area contributed by atoms with Gasteiger partial charge in [-0.05, 0) is 38.0 Å². The minimum Gasteiger partial charge on any atom is -0.504 e. The lowest BCUT2D eigenvalue weighted by molar-refractivity contribution is 0.372. The third kappa shape index (κ3) is 1.69. The molecule has 0 saturated carbocycles. The number of aromatic hydroxyl groups is 1. The Kier molecular flexibility index (Phi) is 2.39. The maximum Gasteiger partial charge on any atom is 0.160 e. The average Bonchev–Trinajstić information content (AvgIpc) is 2.18. The van der Waals surface area contributed by atoms with Crippen molar-refractivity contribution in [3.05, 3.63) is 23.3 Å². The molecule has 3 heteroatoms. The van der Waals surface area contributed by atoms with E-state index in [-0.39, 0.29) is 5.75 Å². The van der Waals surface area contributed by atoms with Gasteiger partial charge in [-0.25, -0.2) is 0 Å². The molecule has 1 aliphatic heterocycles. The van der Waals surface area contributed by atoms with Crippen molar-refractivity contribution in [1.29, 1.82) is 0 Å². The Labute approximate surface area is 89.4 Å². The van der Waals surface area contributed by atoms with Gasteiger partial charge in [0.2, 0.25) is 0 Å². The van der Waals surface area contributed by atoms with Gasteiger partial charge in [0.25, 0.3) is 0 Å². The average molecular weight is 205 g/mol. The van der Waals surface area contributed by atoms with E-state index < -0.39 is 0 Å². The molecule has 1 atom stereocenters. The number of nitrogens with zero attached hydrogens (tertiary/aromatic N) is 1. The van der Waals surface area contributed by atoms with Crippen LogP contribution in [-0.4, -0.2) is 24.0 Å². The van der Waals surface area contributed by atoms with Gasteiger partial charge in [-0.1, -0.05) is 0 Å². The Morgan fingerprint density at radius 2 is 2.20 bits per heavy atom. The zero-order valence-electron chi connectivity index (χ0n) is 9.24. The Bertz CT molecular complexity index is 424. The first-order valence-corrected chi connectivity index (χ1v) is 5.06. The second-order valence-corrected chi connectivity index (χ2v) is 3.95. The molecule has 0 bridgehead atoms. The third-order valence-electron chi connectivity index (χ3n) is 2.72. The largest absolute Gasteiger partial charge is 0.504 e.